The second-order valence-corrected chi connectivity index (χ2v) is 13.3. The van der Waals surface area contributed by atoms with Crippen molar-refractivity contribution in [1.29, 1.82) is 0 Å². The van der Waals surface area contributed by atoms with Crippen LogP contribution in [-0.4, -0.2) is 63.2 Å². The Morgan fingerprint density at radius 3 is 2.59 bits per heavy atom. The predicted octanol–water partition coefficient (Wildman–Crippen LogP) is 4.26. The first-order valence-electron chi connectivity index (χ1n) is 13.7. The molecule has 3 aromatic heterocycles. The van der Waals surface area contributed by atoms with E-state index in [9.17, 15) is 27.6 Å². The molecule has 1 saturated carbocycles. The van der Waals surface area contributed by atoms with Crippen molar-refractivity contribution >= 4 is 39.3 Å². The van der Waals surface area contributed by atoms with E-state index in [0.29, 0.717) is 39.7 Å². The number of pyridine rings is 2. The summed E-state index contributed by atoms with van der Waals surface area (Å²) in [5, 5.41) is 3.40. The van der Waals surface area contributed by atoms with Gasteiger partial charge in [-0.25, -0.2) is 4.98 Å². The number of aromatic nitrogens is 2. The summed E-state index contributed by atoms with van der Waals surface area (Å²) in [5.74, 6) is -1.00. The number of imide groups is 1. The van der Waals surface area contributed by atoms with Gasteiger partial charge in [-0.3, -0.25) is 24.3 Å². The number of aryl methyl sites for hydroxylation is 1. The van der Waals surface area contributed by atoms with Crippen LogP contribution in [0.5, 0.6) is 0 Å². The summed E-state index contributed by atoms with van der Waals surface area (Å²) >= 11 is 1.25. The monoisotopic (exact) mass is 583 g/mol. The maximum atomic E-state index is 13.9. The Kier molecular flexibility index (Phi) is 5.70. The van der Waals surface area contributed by atoms with E-state index in [2.05, 4.69) is 15.3 Å². The first-order chi connectivity index (χ1) is 19.4. The molecule has 4 aliphatic rings. The number of thiophene rings is 1. The van der Waals surface area contributed by atoms with Gasteiger partial charge in [-0.2, -0.15) is 13.2 Å². The molecule has 0 bridgehead atoms. The van der Waals surface area contributed by atoms with Gasteiger partial charge in [-0.05, 0) is 55.0 Å². The van der Waals surface area contributed by atoms with Crippen LogP contribution in [0.25, 0.3) is 21.5 Å². The molecule has 7 rings (SSSR count). The number of rotatable bonds is 4. The number of hydrogen-bond donors (Lipinski definition) is 1. The molecule has 2 unspecified atom stereocenters. The van der Waals surface area contributed by atoms with E-state index in [1.165, 1.54) is 29.4 Å². The SMILES string of the molecule is Cc1cc(C(F)(F)F)nc(-c2ccnc3cc(CN4C(=O)C5[C@H](C4=O)C5(C)C)sc23)c1C(=O)N1CC2NCC[C@H]2C1. The minimum atomic E-state index is -4.70. The van der Waals surface area contributed by atoms with Crippen molar-refractivity contribution in [2.45, 2.75) is 46.0 Å². The lowest BCUT2D eigenvalue weighted by Gasteiger charge is -2.22. The highest BCUT2D eigenvalue weighted by molar-refractivity contribution is 7.19. The number of nitrogens with one attached hydrogen (secondary N) is 1. The summed E-state index contributed by atoms with van der Waals surface area (Å²) in [6.45, 7) is 7.35. The largest absolute Gasteiger partial charge is 0.433 e. The summed E-state index contributed by atoms with van der Waals surface area (Å²) in [4.78, 5) is 51.7. The van der Waals surface area contributed by atoms with Gasteiger partial charge in [0.05, 0.1) is 39.9 Å². The Morgan fingerprint density at radius 2 is 1.90 bits per heavy atom. The second-order valence-electron chi connectivity index (χ2n) is 12.2. The minimum Gasteiger partial charge on any atom is -0.337 e. The van der Waals surface area contributed by atoms with Crippen LogP contribution in [0.15, 0.2) is 24.4 Å². The van der Waals surface area contributed by atoms with Crippen LogP contribution in [0.1, 0.15) is 46.8 Å². The van der Waals surface area contributed by atoms with Gasteiger partial charge >= 0.3 is 6.18 Å². The molecule has 3 aromatic rings. The van der Waals surface area contributed by atoms with Gasteiger partial charge in [0.2, 0.25) is 11.8 Å². The Hall–Kier alpha value is -3.38. The average Bonchev–Trinajstić information content (AvgIpc) is 3.44. The number of halogens is 3. The first kappa shape index (κ1) is 26.5. The van der Waals surface area contributed by atoms with Gasteiger partial charge < -0.3 is 10.2 Å². The highest BCUT2D eigenvalue weighted by atomic mass is 32.1. The van der Waals surface area contributed by atoms with Crippen LogP contribution in [0.2, 0.25) is 0 Å². The third-order valence-corrected chi connectivity index (χ3v) is 10.4. The molecule has 8 nitrogen and oxygen atoms in total. The van der Waals surface area contributed by atoms with E-state index < -0.39 is 11.9 Å². The number of hydrogen-bond acceptors (Lipinski definition) is 7. The Morgan fingerprint density at radius 1 is 1.17 bits per heavy atom. The number of alkyl halides is 3. The van der Waals surface area contributed by atoms with Crippen LogP contribution in [0.4, 0.5) is 13.2 Å². The number of carbonyl (C=O) groups excluding carboxylic acids is 3. The van der Waals surface area contributed by atoms with Crippen LogP contribution in [-0.2, 0) is 22.3 Å². The summed E-state index contributed by atoms with van der Waals surface area (Å²) in [7, 11) is 0. The summed E-state index contributed by atoms with van der Waals surface area (Å²) < 4.78 is 42.3. The van der Waals surface area contributed by atoms with Gasteiger partial charge in [0.25, 0.3) is 5.91 Å². The summed E-state index contributed by atoms with van der Waals surface area (Å²) in [5.41, 5.74) is -0.212. The highest BCUT2D eigenvalue weighted by Crippen LogP contribution is 2.63. The standard InChI is InChI=1S/C29H28F3N5O3S/c1-13-8-19(29(30,31)32)35-23(20(13)25(38)36-10-14-4-6-34-18(14)12-36)16-5-7-33-17-9-15(41-24(16)17)11-37-26(39)21-22(27(37)40)28(21,2)3/h5,7-9,14,18,21-22,34H,4,6,10-12H2,1-3H3/t14-,18?,21+,22?/m0/s1. The van der Waals surface area contributed by atoms with E-state index in [0.717, 1.165) is 19.0 Å². The van der Waals surface area contributed by atoms with Crippen molar-refractivity contribution in [2.75, 3.05) is 19.6 Å². The lowest BCUT2D eigenvalue weighted by Crippen LogP contribution is -2.35. The molecule has 0 spiro atoms. The van der Waals surface area contributed by atoms with E-state index in [-0.39, 0.29) is 64.4 Å². The molecule has 3 aliphatic heterocycles. The van der Waals surface area contributed by atoms with E-state index in [1.807, 2.05) is 13.8 Å². The molecule has 4 fully saturated rings. The average molecular weight is 584 g/mol. The molecule has 3 saturated heterocycles. The molecule has 12 heteroatoms. The van der Waals surface area contributed by atoms with Crippen molar-refractivity contribution in [3.63, 3.8) is 0 Å². The second kappa shape index (κ2) is 8.81. The van der Waals surface area contributed by atoms with Gasteiger partial charge in [-0.1, -0.05) is 13.8 Å². The fourth-order valence-corrected chi connectivity index (χ4v) is 8.14. The molecule has 1 aliphatic carbocycles. The van der Waals surface area contributed by atoms with Gasteiger partial charge in [-0.15, -0.1) is 11.3 Å². The molecule has 0 aromatic carbocycles. The third-order valence-electron chi connectivity index (χ3n) is 9.29. The zero-order valence-electron chi connectivity index (χ0n) is 22.7. The summed E-state index contributed by atoms with van der Waals surface area (Å²) in [6, 6.07) is 4.44. The number of piperidine rings is 1. The molecule has 3 amide bonds. The maximum absolute atomic E-state index is 13.9. The predicted molar refractivity (Wildman–Crippen MR) is 145 cm³/mol. The van der Waals surface area contributed by atoms with Crippen LogP contribution < -0.4 is 5.32 Å². The molecule has 214 valence electrons. The number of fused-ring (bicyclic) bond motifs is 3. The highest BCUT2D eigenvalue weighted by Gasteiger charge is 2.72. The van der Waals surface area contributed by atoms with Gasteiger partial charge in [0.15, 0.2) is 0 Å². The fraction of sp³-hybridized carbons (Fsp3) is 0.483. The molecule has 1 N–H and O–H groups in total. The van der Waals surface area contributed by atoms with Gasteiger partial charge in [0.1, 0.15) is 5.69 Å². The van der Waals surface area contributed by atoms with Gasteiger partial charge in [0, 0.05) is 35.8 Å². The lowest BCUT2D eigenvalue weighted by atomic mass is 9.99. The fourth-order valence-electron chi connectivity index (χ4n) is 7.02. The van der Waals surface area contributed by atoms with Crippen LogP contribution in [0, 0.1) is 30.1 Å². The Balaban J connectivity index is 1.29. The molecular weight excluding hydrogens is 555 g/mol. The number of nitrogens with zero attached hydrogens (tertiary/aromatic N) is 4. The normalized spacial score (nSPS) is 26.7. The zero-order valence-corrected chi connectivity index (χ0v) is 23.5. The molecule has 0 radical (unpaired) electrons. The Bertz CT molecular complexity index is 1610. The number of carbonyl (C=O) groups is 3. The van der Waals surface area contributed by atoms with Crippen LogP contribution >= 0.6 is 11.3 Å². The smallest absolute Gasteiger partial charge is 0.337 e. The molecular formula is C29H28F3N5O3S. The third kappa shape index (κ3) is 4.01. The van der Waals surface area contributed by atoms with E-state index in [1.54, 1.807) is 17.0 Å². The Labute approximate surface area is 237 Å². The zero-order chi connectivity index (χ0) is 29.0. The van der Waals surface area contributed by atoms with Crippen molar-refractivity contribution in [3.8, 4) is 11.3 Å². The quantitative estimate of drug-likeness (QED) is 0.462. The van der Waals surface area contributed by atoms with E-state index >= 15 is 0 Å². The van der Waals surface area contributed by atoms with Crippen molar-refractivity contribution in [2.24, 2.45) is 23.2 Å². The number of likely N-dealkylation sites (tertiary alicyclic amines) is 2. The maximum Gasteiger partial charge on any atom is 0.433 e. The number of amides is 3. The molecule has 6 heterocycles. The first-order valence-corrected chi connectivity index (χ1v) is 14.5. The van der Waals surface area contributed by atoms with Crippen molar-refractivity contribution in [1.82, 2.24) is 25.1 Å². The lowest BCUT2D eigenvalue weighted by molar-refractivity contribution is -0.144. The van der Waals surface area contributed by atoms with Crippen molar-refractivity contribution in [3.05, 3.63) is 46.1 Å². The van der Waals surface area contributed by atoms with E-state index in [4.69, 9.17) is 0 Å². The minimum absolute atomic E-state index is 0.0375. The van der Waals surface area contributed by atoms with Crippen molar-refractivity contribution < 1.29 is 27.6 Å². The molecule has 41 heavy (non-hydrogen) atoms. The molecule has 4 atom stereocenters. The topological polar surface area (TPSA) is 95.5 Å². The summed E-state index contributed by atoms with van der Waals surface area (Å²) in [6.07, 6.45) is -2.27. The van der Waals surface area contributed by atoms with Crippen LogP contribution in [0.3, 0.4) is 0 Å².